The number of hydrogen-bond acceptors (Lipinski definition) is 6. The van der Waals surface area contributed by atoms with Crippen molar-refractivity contribution in [2.24, 2.45) is 11.5 Å². The highest BCUT2D eigenvalue weighted by atomic mass is 19.1. The molecule has 0 aliphatic heterocycles. The predicted octanol–water partition coefficient (Wildman–Crippen LogP) is 1.76. The van der Waals surface area contributed by atoms with Crippen LogP contribution in [-0.4, -0.2) is 17.2 Å². The average Bonchev–Trinajstić information content (AvgIpc) is 2.69. The minimum absolute atomic E-state index is 0.283. The van der Waals surface area contributed by atoms with Gasteiger partial charge in [0, 0.05) is 23.0 Å². The van der Waals surface area contributed by atoms with Gasteiger partial charge >= 0.3 is 7.12 Å². The first-order valence-electron chi connectivity index (χ1n) is 8.40. The number of ether oxygens (including phenoxy) is 1. The Morgan fingerprint density at radius 2 is 1.71 bits per heavy atom. The minimum atomic E-state index is -1.65. The van der Waals surface area contributed by atoms with Crippen LogP contribution in [0.4, 0.5) is 10.1 Å². The maximum absolute atomic E-state index is 13.1. The highest BCUT2D eigenvalue weighted by Gasteiger charge is 2.17. The summed E-state index contributed by atoms with van der Waals surface area (Å²) in [6.07, 6.45) is 1.26. The molecule has 3 aromatic rings. The van der Waals surface area contributed by atoms with Gasteiger partial charge in [-0.1, -0.05) is 24.3 Å². The molecule has 0 saturated heterocycles. The van der Waals surface area contributed by atoms with Gasteiger partial charge in [0.25, 0.3) is 0 Å². The molecule has 8 heteroatoms. The molecule has 28 heavy (non-hydrogen) atoms. The van der Waals surface area contributed by atoms with E-state index in [9.17, 15) is 14.4 Å². The van der Waals surface area contributed by atoms with Crippen LogP contribution in [0.5, 0.6) is 11.5 Å². The van der Waals surface area contributed by atoms with E-state index in [-0.39, 0.29) is 11.3 Å². The van der Waals surface area contributed by atoms with Crippen LogP contribution >= 0.6 is 0 Å². The fourth-order valence-electron chi connectivity index (χ4n) is 2.74. The maximum Gasteiger partial charge on any atom is 0.488 e. The molecule has 0 radical (unpaired) electrons. The lowest BCUT2D eigenvalue weighted by Gasteiger charge is -2.15. The van der Waals surface area contributed by atoms with Gasteiger partial charge in [0.15, 0.2) is 0 Å². The summed E-state index contributed by atoms with van der Waals surface area (Å²) in [5.41, 5.74) is 20.2. The lowest BCUT2D eigenvalue weighted by molar-refractivity contribution is 0.425. The Morgan fingerprint density at radius 3 is 2.32 bits per heavy atom. The number of nitrogen functional groups attached to an aromatic ring is 1. The monoisotopic (exact) mass is 379 g/mol. The van der Waals surface area contributed by atoms with Crippen LogP contribution < -0.4 is 27.4 Å². The molecule has 8 N–H and O–H groups in total. The highest BCUT2D eigenvalue weighted by molar-refractivity contribution is 6.58. The van der Waals surface area contributed by atoms with Crippen molar-refractivity contribution in [1.29, 1.82) is 0 Å². The van der Waals surface area contributed by atoms with Crippen molar-refractivity contribution in [2.75, 3.05) is 5.73 Å². The van der Waals surface area contributed by atoms with E-state index in [1.54, 1.807) is 30.3 Å². The van der Waals surface area contributed by atoms with Gasteiger partial charge in [0.05, 0.1) is 5.70 Å². The van der Waals surface area contributed by atoms with Crippen LogP contribution in [0.15, 0.2) is 66.9 Å². The van der Waals surface area contributed by atoms with Crippen molar-refractivity contribution in [3.8, 4) is 22.6 Å². The zero-order valence-corrected chi connectivity index (χ0v) is 14.8. The summed E-state index contributed by atoms with van der Waals surface area (Å²) in [5, 5.41) is 19.0. The van der Waals surface area contributed by atoms with Crippen LogP contribution in [0.3, 0.4) is 0 Å². The van der Waals surface area contributed by atoms with Crippen molar-refractivity contribution in [2.45, 2.75) is 0 Å². The Labute approximate surface area is 161 Å². The molecular formula is C20H19BFN3O3. The van der Waals surface area contributed by atoms with E-state index in [0.29, 0.717) is 39.6 Å². The topological polar surface area (TPSA) is 128 Å². The molecule has 0 amide bonds. The second-order valence-electron chi connectivity index (χ2n) is 6.11. The molecule has 0 bridgehead atoms. The number of nitrogens with two attached hydrogens (primary N) is 3. The first-order valence-corrected chi connectivity index (χ1v) is 8.40. The number of hydrogen-bond donors (Lipinski definition) is 5. The Morgan fingerprint density at radius 1 is 1.00 bits per heavy atom. The molecule has 142 valence electrons. The molecule has 3 aromatic carbocycles. The number of rotatable bonds is 5. The van der Waals surface area contributed by atoms with Crippen LogP contribution in [0, 0.1) is 5.82 Å². The van der Waals surface area contributed by atoms with E-state index >= 15 is 0 Å². The SMILES string of the molecule is N/C=C(/N)c1ccc(-c2cc(B(O)O)ccc2Oc2ccc(F)cc2)cc1N. The molecule has 0 fully saturated rings. The Balaban J connectivity index is 2.08. The average molecular weight is 379 g/mol. The van der Waals surface area contributed by atoms with Gasteiger partial charge in [0.1, 0.15) is 17.3 Å². The molecule has 3 rings (SSSR count). The minimum Gasteiger partial charge on any atom is -0.457 e. The van der Waals surface area contributed by atoms with Crippen LogP contribution in [-0.2, 0) is 0 Å². The van der Waals surface area contributed by atoms with E-state index in [1.165, 1.54) is 36.5 Å². The quantitative estimate of drug-likeness (QED) is 0.340. The number of anilines is 1. The fraction of sp³-hybridized carbons (Fsp3) is 0. The highest BCUT2D eigenvalue weighted by Crippen LogP contribution is 2.35. The van der Waals surface area contributed by atoms with Gasteiger partial charge in [-0.2, -0.15) is 0 Å². The molecule has 0 atom stereocenters. The molecule has 0 aliphatic rings. The van der Waals surface area contributed by atoms with Crippen molar-refractivity contribution in [3.63, 3.8) is 0 Å². The van der Waals surface area contributed by atoms with Crippen LogP contribution in [0.2, 0.25) is 0 Å². The smallest absolute Gasteiger partial charge is 0.457 e. The summed E-state index contributed by atoms with van der Waals surface area (Å²) in [6, 6.07) is 15.5. The molecule has 0 saturated carbocycles. The van der Waals surface area contributed by atoms with E-state index in [4.69, 9.17) is 21.9 Å². The third-order valence-corrected chi connectivity index (χ3v) is 4.20. The molecular weight excluding hydrogens is 360 g/mol. The molecule has 0 aromatic heterocycles. The zero-order chi connectivity index (χ0) is 20.3. The standard InChI is InChI=1S/C20H19BFN3O3/c22-14-3-5-15(6-4-14)28-20-8-2-13(21(26)27)10-17(20)12-1-7-16(18(24)9-12)19(25)11-23/h1-11,26-27H,23-25H2/b19-11+. The largest absolute Gasteiger partial charge is 0.488 e. The lowest BCUT2D eigenvalue weighted by atomic mass is 9.79. The van der Waals surface area contributed by atoms with Crippen LogP contribution in [0.25, 0.3) is 16.8 Å². The number of benzene rings is 3. The summed E-state index contributed by atoms with van der Waals surface area (Å²) >= 11 is 0. The van der Waals surface area contributed by atoms with Gasteiger partial charge in [-0.05, 0) is 47.4 Å². The van der Waals surface area contributed by atoms with Crippen molar-refractivity contribution in [3.05, 3.63) is 78.2 Å². The van der Waals surface area contributed by atoms with Gasteiger partial charge in [-0.3, -0.25) is 0 Å². The van der Waals surface area contributed by atoms with E-state index in [1.807, 2.05) is 0 Å². The van der Waals surface area contributed by atoms with Crippen molar-refractivity contribution in [1.82, 2.24) is 0 Å². The van der Waals surface area contributed by atoms with Gasteiger partial charge in [-0.15, -0.1) is 0 Å². The van der Waals surface area contributed by atoms with E-state index < -0.39 is 7.12 Å². The third-order valence-electron chi connectivity index (χ3n) is 4.20. The second-order valence-corrected chi connectivity index (χ2v) is 6.11. The summed E-state index contributed by atoms with van der Waals surface area (Å²) < 4.78 is 19.0. The summed E-state index contributed by atoms with van der Waals surface area (Å²) in [5.74, 6) is 0.491. The lowest BCUT2D eigenvalue weighted by Crippen LogP contribution is -2.29. The van der Waals surface area contributed by atoms with Crippen molar-refractivity contribution < 1.29 is 19.2 Å². The summed E-state index contributed by atoms with van der Waals surface area (Å²) in [7, 11) is -1.65. The normalized spacial score (nSPS) is 11.3. The maximum atomic E-state index is 13.1. The molecule has 0 spiro atoms. The van der Waals surface area contributed by atoms with Gasteiger partial charge in [0.2, 0.25) is 0 Å². The fourth-order valence-corrected chi connectivity index (χ4v) is 2.74. The third kappa shape index (κ3) is 4.08. The molecule has 0 heterocycles. The Bertz CT molecular complexity index is 1020. The predicted molar refractivity (Wildman–Crippen MR) is 109 cm³/mol. The van der Waals surface area contributed by atoms with Gasteiger partial charge < -0.3 is 32.0 Å². The van der Waals surface area contributed by atoms with Gasteiger partial charge in [-0.25, -0.2) is 4.39 Å². The molecule has 6 nitrogen and oxygen atoms in total. The van der Waals surface area contributed by atoms with E-state index in [2.05, 4.69) is 0 Å². The first-order chi connectivity index (χ1) is 13.4. The zero-order valence-electron chi connectivity index (χ0n) is 14.8. The summed E-state index contributed by atoms with van der Waals surface area (Å²) in [4.78, 5) is 0. The van der Waals surface area contributed by atoms with Crippen molar-refractivity contribution >= 4 is 24.0 Å². The summed E-state index contributed by atoms with van der Waals surface area (Å²) in [6.45, 7) is 0. The first kappa shape index (κ1) is 19.3. The number of halogens is 1. The van der Waals surface area contributed by atoms with E-state index in [0.717, 1.165) is 0 Å². The second kappa shape index (κ2) is 8.04. The Kier molecular flexibility index (Phi) is 5.53. The molecule has 0 unspecified atom stereocenters. The van der Waals surface area contributed by atoms with Crippen LogP contribution in [0.1, 0.15) is 5.56 Å². The Hall–Kier alpha value is -3.49. The molecule has 0 aliphatic carbocycles.